The fourth-order valence-corrected chi connectivity index (χ4v) is 2.63. The molecule has 23 heavy (non-hydrogen) atoms. The maximum absolute atomic E-state index is 13.3. The van der Waals surface area contributed by atoms with Crippen LogP contribution in [0.2, 0.25) is 0 Å². The van der Waals surface area contributed by atoms with Crippen LogP contribution in [0.4, 0.5) is 8.78 Å². The Morgan fingerprint density at radius 2 is 1.35 bits per heavy atom. The average Bonchev–Trinajstić information content (AvgIpc) is 2.98. The SMILES string of the molecule is Fc1cc(F)cc(-c2ccc(-c3nc4ccccc4[nH]3)cc2)c1. The van der Waals surface area contributed by atoms with Crippen LogP contribution in [-0.4, -0.2) is 9.97 Å². The van der Waals surface area contributed by atoms with Gasteiger partial charge in [0, 0.05) is 11.6 Å². The smallest absolute Gasteiger partial charge is 0.138 e. The summed E-state index contributed by atoms with van der Waals surface area (Å²) in [5.74, 6) is -0.397. The van der Waals surface area contributed by atoms with Crippen LogP contribution in [0, 0.1) is 11.6 Å². The van der Waals surface area contributed by atoms with Crippen LogP contribution in [-0.2, 0) is 0 Å². The molecule has 1 N–H and O–H groups in total. The van der Waals surface area contributed by atoms with Gasteiger partial charge in [-0.3, -0.25) is 0 Å². The molecule has 112 valence electrons. The van der Waals surface area contributed by atoms with E-state index in [0.717, 1.165) is 34.1 Å². The molecule has 0 aliphatic rings. The number of fused-ring (bicyclic) bond motifs is 1. The summed E-state index contributed by atoms with van der Waals surface area (Å²) in [6.45, 7) is 0. The third kappa shape index (κ3) is 2.59. The predicted octanol–water partition coefficient (Wildman–Crippen LogP) is 5.18. The summed E-state index contributed by atoms with van der Waals surface area (Å²) >= 11 is 0. The van der Waals surface area contributed by atoms with Gasteiger partial charge in [-0.2, -0.15) is 0 Å². The Morgan fingerprint density at radius 3 is 2.04 bits per heavy atom. The van der Waals surface area contributed by atoms with Crippen molar-refractivity contribution in [3.63, 3.8) is 0 Å². The first kappa shape index (κ1) is 13.6. The second kappa shape index (κ2) is 5.32. The van der Waals surface area contributed by atoms with Crippen molar-refractivity contribution >= 4 is 11.0 Å². The van der Waals surface area contributed by atoms with E-state index >= 15 is 0 Å². The summed E-state index contributed by atoms with van der Waals surface area (Å²) in [5, 5.41) is 0. The summed E-state index contributed by atoms with van der Waals surface area (Å²) in [7, 11) is 0. The number of rotatable bonds is 2. The molecule has 2 nitrogen and oxygen atoms in total. The quantitative estimate of drug-likeness (QED) is 0.543. The summed E-state index contributed by atoms with van der Waals surface area (Å²) in [5.41, 5.74) is 4.06. The lowest BCUT2D eigenvalue weighted by atomic mass is 10.0. The summed E-state index contributed by atoms with van der Waals surface area (Å²) < 4.78 is 26.6. The van der Waals surface area contributed by atoms with E-state index < -0.39 is 11.6 Å². The van der Waals surface area contributed by atoms with Gasteiger partial charge in [0.15, 0.2) is 0 Å². The number of aromatic nitrogens is 2. The number of nitrogens with one attached hydrogen (secondary N) is 1. The van der Waals surface area contributed by atoms with Crippen molar-refractivity contribution in [2.75, 3.05) is 0 Å². The van der Waals surface area contributed by atoms with Crippen molar-refractivity contribution in [1.82, 2.24) is 9.97 Å². The van der Waals surface area contributed by atoms with Crippen molar-refractivity contribution < 1.29 is 8.78 Å². The van der Waals surface area contributed by atoms with E-state index in [9.17, 15) is 8.78 Å². The van der Waals surface area contributed by atoms with Crippen LogP contribution in [0.1, 0.15) is 0 Å². The first-order chi connectivity index (χ1) is 11.2. The van der Waals surface area contributed by atoms with E-state index in [4.69, 9.17) is 0 Å². The number of nitrogens with zero attached hydrogens (tertiary/aromatic N) is 1. The Balaban J connectivity index is 1.72. The molecule has 0 atom stereocenters. The Hall–Kier alpha value is -3.01. The lowest BCUT2D eigenvalue weighted by molar-refractivity contribution is 0.584. The molecular formula is C19H12F2N2. The van der Waals surface area contributed by atoms with Gasteiger partial charge in [-0.25, -0.2) is 13.8 Å². The summed E-state index contributed by atoms with van der Waals surface area (Å²) in [4.78, 5) is 7.80. The Morgan fingerprint density at radius 1 is 0.696 bits per heavy atom. The van der Waals surface area contributed by atoms with Crippen LogP contribution < -0.4 is 0 Å². The number of benzene rings is 3. The highest BCUT2D eigenvalue weighted by Crippen LogP contribution is 2.26. The lowest BCUT2D eigenvalue weighted by Crippen LogP contribution is -1.85. The third-order valence-corrected chi connectivity index (χ3v) is 3.74. The van der Waals surface area contributed by atoms with Gasteiger partial charge in [0.05, 0.1) is 11.0 Å². The van der Waals surface area contributed by atoms with Crippen molar-refractivity contribution in [1.29, 1.82) is 0 Å². The fourth-order valence-electron chi connectivity index (χ4n) is 2.63. The molecule has 0 saturated carbocycles. The summed E-state index contributed by atoms with van der Waals surface area (Å²) in [6, 6.07) is 18.7. The zero-order chi connectivity index (χ0) is 15.8. The molecule has 3 aromatic carbocycles. The highest BCUT2D eigenvalue weighted by Gasteiger charge is 2.07. The molecule has 0 fully saturated rings. The van der Waals surface area contributed by atoms with Crippen molar-refractivity contribution in [2.24, 2.45) is 0 Å². The van der Waals surface area contributed by atoms with Gasteiger partial charge in [-0.15, -0.1) is 0 Å². The first-order valence-electron chi connectivity index (χ1n) is 7.21. The summed E-state index contributed by atoms with van der Waals surface area (Å²) in [6.07, 6.45) is 0. The highest BCUT2D eigenvalue weighted by atomic mass is 19.1. The number of para-hydroxylation sites is 2. The van der Waals surface area contributed by atoms with E-state index in [-0.39, 0.29) is 0 Å². The fraction of sp³-hybridized carbons (Fsp3) is 0. The largest absolute Gasteiger partial charge is 0.338 e. The number of halogens is 2. The zero-order valence-electron chi connectivity index (χ0n) is 12.1. The molecule has 1 heterocycles. The maximum atomic E-state index is 13.3. The van der Waals surface area contributed by atoms with Crippen molar-refractivity contribution in [3.8, 4) is 22.5 Å². The molecule has 0 bridgehead atoms. The van der Waals surface area contributed by atoms with Crippen LogP contribution in [0.25, 0.3) is 33.5 Å². The monoisotopic (exact) mass is 306 g/mol. The van der Waals surface area contributed by atoms with E-state index in [1.54, 1.807) is 0 Å². The van der Waals surface area contributed by atoms with E-state index in [1.807, 2.05) is 48.5 Å². The van der Waals surface area contributed by atoms with Crippen LogP contribution >= 0.6 is 0 Å². The molecule has 0 saturated heterocycles. The molecule has 0 unspecified atom stereocenters. The molecule has 1 aromatic heterocycles. The number of H-pyrrole nitrogens is 1. The van der Waals surface area contributed by atoms with Gasteiger partial charge in [-0.1, -0.05) is 36.4 Å². The number of imidazole rings is 1. The minimum absolute atomic E-state index is 0.513. The second-order valence-electron chi connectivity index (χ2n) is 5.34. The van der Waals surface area contributed by atoms with Gasteiger partial charge in [0.25, 0.3) is 0 Å². The third-order valence-electron chi connectivity index (χ3n) is 3.74. The molecule has 4 aromatic rings. The standard InChI is InChI=1S/C19H12F2N2/c20-15-9-14(10-16(21)11-15)12-5-7-13(8-6-12)19-22-17-3-1-2-4-18(17)23-19/h1-11H,(H,22,23). The van der Waals surface area contributed by atoms with Crippen LogP contribution in [0.3, 0.4) is 0 Å². The molecule has 4 heteroatoms. The molecule has 0 spiro atoms. The van der Waals surface area contributed by atoms with E-state index in [1.165, 1.54) is 12.1 Å². The van der Waals surface area contributed by atoms with Crippen molar-refractivity contribution in [2.45, 2.75) is 0 Å². The molecule has 0 aliphatic carbocycles. The highest BCUT2D eigenvalue weighted by molar-refractivity contribution is 5.79. The second-order valence-corrected chi connectivity index (χ2v) is 5.34. The van der Waals surface area contributed by atoms with Crippen molar-refractivity contribution in [3.05, 3.63) is 78.4 Å². The zero-order valence-corrected chi connectivity index (χ0v) is 12.1. The Kier molecular flexibility index (Phi) is 3.15. The molecule has 4 rings (SSSR count). The maximum Gasteiger partial charge on any atom is 0.138 e. The van der Waals surface area contributed by atoms with E-state index in [2.05, 4.69) is 9.97 Å². The minimum Gasteiger partial charge on any atom is -0.338 e. The van der Waals surface area contributed by atoms with Gasteiger partial charge in [-0.05, 0) is 35.4 Å². The number of hydrogen-bond donors (Lipinski definition) is 1. The predicted molar refractivity (Wildman–Crippen MR) is 86.9 cm³/mol. The van der Waals surface area contributed by atoms with Crippen LogP contribution in [0.5, 0.6) is 0 Å². The normalized spacial score (nSPS) is 11.0. The molecule has 0 aliphatic heterocycles. The van der Waals surface area contributed by atoms with Gasteiger partial charge >= 0.3 is 0 Å². The van der Waals surface area contributed by atoms with Crippen LogP contribution in [0.15, 0.2) is 66.7 Å². The molecule has 0 radical (unpaired) electrons. The molecule has 0 amide bonds. The average molecular weight is 306 g/mol. The van der Waals surface area contributed by atoms with E-state index in [0.29, 0.717) is 5.56 Å². The lowest BCUT2D eigenvalue weighted by Gasteiger charge is -2.04. The topological polar surface area (TPSA) is 28.7 Å². The Labute approximate surface area is 131 Å². The molecular weight excluding hydrogens is 294 g/mol. The van der Waals surface area contributed by atoms with Gasteiger partial charge in [0.1, 0.15) is 17.5 Å². The number of aromatic amines is 1. The Bertz CT molecular complexity index is 935. The van der Waals surface area contributed by atoms with Gasteiger partial charge in [0.2, 0.25) is 0 Å². The van der Waals surface area contributed by atoms with Gasteiger partial charge < -0.3 is 4.98 Å². The minimum atomic E-state index is -0.582. The number of hydrogen-bond acceptors (Lipinski definition) is 1. The first-order valence-corrected chi connectivity index (χ1v) is 7.21.